The summed E-state index contributed by atoms with van der Waals surface area (Å²) in [4.78, 5) is 23.6. The zero-order valence-electron chi connectivity index (χ0n) is 9.44. The SMILES string of the molecule is NC(=O)c1cccc(NC(=O)c2cc(Br)c(Br)s2)c1. The number of nitrogens with one attached hydrogen (secondary N) is 1. The molecule has 1 aromatic carbocycles. The van der Waals surface area contributed by atoms with E-state index in [0.717, 1.165) is 8.26 Å². The van der Waals surface area contributed by atoms with Crippen molar-refractivity contribution < 1.29 is 9.59 Å². The molecule has 0 fully saturated rings. The molecule has 1 aromatic heterocycles. The molecule has 0 saturated carbocycles. The van der Waals surface area contributed by atoms with Crippen LogP contribution < -0.4 is 11.1 Å². The van der Waals surface area contributed by atoms with Crippen molar-refractivity contribution in [3.63, 3.8) is 0 Å². The average molecular weight is 404 g/mol. The van der Waals surface area contributed by atoms with E-state index < -0.39 is 5.91 Å². The third-order valence-corrected chi connectivity index (χ3v) is 5.53. The number of primary amides is 1. The predicted molar refractivity (Wildman–Crippen MR) is 82.6 cm³/mol. The number of anilines is 1. The molecule has 0 aliphatic rings. The number of hydrogen-bond donors (Lipinski definition) is 2. The van der Waals surface area contributed by atoms with E-state index in [0.29, 0.717) is 16.1 Å². The van der Waals surface area contributed by atoms with Gasteiger partial charge >= 0.3 is 0 Å². The van der Waals surface area contributed by atoms with Crippen molar-refractivity contribution >= 4 is 60.7 Å². The second-order valence-corrected chi connectivity index (χ2v) is 6.86. The summed E-state index contributed by atoms with van der Waals surface area (Å²) in [6, 6.07) is 8.22. The van der Waals surface area contributed by atoms with Crippen LogP contribution in [0.5, 0.6) is 0 Å². The Hall–Kier alpha value is -1.18. The second kappa shape index (κ2) is 5.85. The van der Waals surface area contributed by atoms with Crippen molar-refractivity contribution in [2.75, 3.05) is 5.32 Å². The van der Waals surface area contributed by atoms with Crippen LogP contribution in [0, 0.1) is 0 Å². The number of carbonyl (C=O) groups excluding carboxylic acids is 2. The molecule has 0 radical (unpaired) electrons. The molecular weight excluding hydrogens is 396 g/mol. The van der Waals surface area contributed by atoms with Gasteiger partial charge < -0.3 is 11.1 Å². The fourth-order valence-electron chi connectivity index (χ4n) is 1.40. The largest absolute Gasteiger partial charge is 0.366 e. The monoisotopic (exact) mass is 402 g/mol. The first-order chi connectivity index (χ1) is 8.97. The predicted octanol–water partition coefficient (Wildman–Crippen LogP) is 3.62. The van der Waals surface area contributed by atoms with Crippen molar-refractivity contribution in [3.8, 4) is 0 Å². The quantitative estimate of drug-likeness (QED) is 0.821. The smallest absolute Gasteiger partial charge is 0.265 e. The molecule has 0 atom stereocenters. The molecule has 4 nitrogen and oxygen atoms in total. The summed E-state index contributed by atoms with van der Waals surface area (Å²) in [5.74, 6) is -0.768. The fraction of sp³-hybridized carbons (Fsp3) is 0. The first kappa shape index (κ1) is 14.2. The third-order valence-electron chi connectivity index (χ3n) is 2.27. The average Bonchev–Trinajstić information content (AvgIpc) is 2.70. The van der Waals surface area contributed by atoms with Gasteiger partial charge in [0.15, 0.2) is 0 Å². The van der Waals surface area contributed by atoms with Gasteiger partial charge in [-0.2, -0.15) is 0 Å². The molecule has 0 bridgehead atoms. The minimum absolute atomic E-state index is 0.238. The van der Waals surface area contributed by atoms with Gasteiger partial charge in [0.25, 0.3) is 5.91 Å². The van der Waals surface area contributed by atoms with Gasteiger partial charge in [0, 0.05) is 15.7 Å². The first-order valence-electron chi connectivity index (χ1n) is 5.13. The number of carbonyl (C=O) groups is 2. The van der Waals surface area contributed by atoms with E-state index in [9.17, 15) is 9.59 Å². The standard InChI is InChI=1S/C12H8Br2N2O2S/c13-8-5-9(19-10(8)14)12(18)16-7-3-1-2-6(4-7)11(15)17/h1-5H,(H2,15,17)(H,16,18). The molecule has 7 heteroatoms. The Bertz CT molecular complexity index is 635. The van der Waals surface area contributed by atoms with Crippen LogP contribution in [0.4, 0.5) is 5.69 Å². The lowest BCUT2D eigenvalue weighted by molar-refractivity contribution is 0.0996. The van der Waals surface area contributed by atoms with Crippen molar-refractivity contribution in [2.45, 2.75) is 0 Å². The Balaban J connectivity index is 2.19. The van der Waals surface area contributed by atoms with Crippen LogP contribution in [0.25, 0.3) is 0 Å². The highest BCUT2D eigenvalue weighted by Crippen LogP contribution is 2.32. The molecule has 2 rings (SSSR count). The summed E-state index contributed by atoms with van der Waals surface area (Å²) in [5, 5.41) is 2.72. The molecule has 0 saturated heterocycles. The topological polar surface area (TPSA) is 72.2 Å². The maximum Gasteiger partial charge on any atom is 0.265 e. The van der Waals surface area contributed by atoms with Gasteiger partial charge in [0.2, 0.25) is 5.91 Å². The molecule has 19 heavy (non-hydrogen) atoms. The minimum Gasteiger partial charge on any atom is -0.366 e. The maximum atomic E-state index is 12.0. The Morgan fingerprint density at radius 3 is 2.53 bits per heavy atom. The molecule has 0 aliphatic heterocycles. The summed E-state index contributed by atoms with van der Waals surface area (Å²) >= 11 is 7.97. The van der Waals surface area contributed by atoms with Crippen LogP contribution in [0.2, 0.25) is 0 Å². The van der Waals surface area contributed by atoms with Crippen LogP contribution >= 0.6 is 43.2 Å². The number of thiophene rings is 1. The normalized spacial score (nSPS) is 10.2. The van der Waals surface area contributed by atoms with Gasteiger partial charge in [0.05, 0.1) is 8.66 Å². The zero-order chi connectivity index (χ0) is 14.0. The molecule has 2 amide bonds. The Kier molecular flexibility index (Phi) is 4.38. The van der Waals surface area contributed by atoms with Crippen molar-refractivity contribution in [1.29, 1.82) is 0 Å². The number of hydrogen-bond acceptors (Lipinski definition) is 3. The highest BCUT2D eigenvalue weighted by atomic mass is 79.9. The zero-order valence-corrected chi connectivity index (χ0v) is 13.4. The third kappa shape index (κ3) is 3.43. The lowest BCUT2D eigenvalue weighted by Crippen LogP contribution is -2.13. The van der Waals surface area contributed by atoms with Crippen LogP contribution in [0.3, 0.4) is 0 Å². The van der Waals surface area contributed by atoms with Crippen LogP contribution in [0.15, 0.2) is 38.6 Å². The Morgan fingerprint density at radius 1 is 1.21 bits per heavy atom. The molecule has 2 aromatic rings. The second-order valence-electron chi connectivity index (χ2n) is 3.63. The van der Waals surface area contributed by atoms with E-state index in [1.165, 1.54) is 17.4 Å². The van der Waals surface area contributed by atoms with E-state index in [1.807, 2.05) is 0 Å². The summed E-state index contributed by atoms with van der Waals surface area (Å²) < 4.78 is 1.68. The van der Waals surface area contributed by atoms with Crippen LogP contribution in [-0.2, 0) is 0 Å². The number of nitrogens with two attached hydrogens (primary N) is 1. The van der Waals surface area contributed by atoms with Gasteiger partial charge in [-0.3, -0.25) is 9.59 Å². The molecule has 98 valence electrons. The summed E-state index contributed by atoms with van der Waals surface area (Å²) in [7, 11) is 0. The van der Waals surface area contributed by atoms with Gasteiger partial charge in [-0.25, -0.2) is 0 Å². The van der Waals surface area contributed by atoms with E-state index in [2.05, 4.69) is 37.2 Å². The van der Waals surface area contributed by atoms with Crippen molar-refractivity contribution in [2.24, 2.45) is 5.73 Å². The molecule has 3 N–H and O–H groups in total. The van der Waals surface area contributed by atoms with Gasteiger partial charge in [-0.1, -0.05) is 6.07 Å². The molecule has 0 spiro atoms. The minimum atomic E-state index is -0.530. The summed E-state index contributed by atoms with van der Waals surface area (Å²) in [5.41, 5.74) is 6.07. The highest BCUT2D eigenvalue weighted by molar-refractivity contribution is 9.13. The van der Waals surface area contributed by atoms with Crippen LogP contribution in [0.1, 0.15) is 20.0 Å². The van der Waals surface area contributed by atoms with Crippen molar-refractivity contribution in [3.05, 3.63) is 49.0 Å². The first-order valence-corrected chi connectivity index (χ1v) is 7.53. The Labute approximate surface area is 130 Å². The molecular formula is C12H8Br2N2O2S. The van der Waals surface area contributed by atoms with Crippen molar-refractivity contribution in [1.82, 2.24) is 0 Å². The highest BCUT2D eigenvalue weighted by Gasteiger charge is 2.12. The molecule has 0 unspecified atom stereocenters. The summed E-state index contributed by atoms with van der Waals surface area (Å²) in [6.07, 6.45) is 0. The van der Waals surface area contributed by atoms with Crippen LogP contribution in [-0.4, -0.2) is 11.8 Å². The summed E-state index contributed by atoms with van der Waals surface area (Å²) in [6.45, 7) is 0. The lowest BCUT2D eigenvalue weighted by atomic mass is 10.2. The maximum absolute atomic E-state index is 12.0. The fourth-order valence-corrected chi connectivity index (χ4v) is 3.33. The van der Waals surface area contributed by atoms with Gasteiger partial charge in [-0.05, 0) is 56.1 Å². The number of amides is 2. The lowest BCUT2D eigenvalue weighted by Gasteiger charge is -2.04. The van der Waals surface area contributed by atoms with E-state index >= 15 is 0 Å². The number of benzene rings is 1. The Morgan fingerprint density at radius 2 is 1.95 bits per heavy atom. The number of halogens is 2. The van der Waals surface area contributed by atoms with Gasteiger partial charge in [0.1, 0.15) is 0 Å². The van der Waals surface area contributed by atoms with E-state index in [1.54, 1.807) is 24.3 Å². The van der Waals surface area contributed by atoms with E-state index in [4.69, 9.17) is 5.73 Å². The number of rotatable bonds is 3. The van der Waals surface area contributed by atoms with E-state index in [-0.39, 0.29) is 5.91 Å². The van der Waals surface area contributed by atoms with Gasteiger partial charge in [-0.15, -0.1) is 11.3 Å². The molecule has 0 aliphatic carbocycles. The molecule has 1 heterocycles.